The molecule has 0 bridgehead atoms. The number of para-hydroxylation sites is 3. The van der Waals surface area contributed by atoms with Gasteiger partial charge in [-0.05, 0) is 34.7 Å². The van der Waals surface area contributed by atoms with Crippen LogP contribution in [0.2, 0.25) is 0 Å². The lowest BCUT2D eigenvalue weighted by molar-refractivity contribution is -0.567. The fraction of sp³-hybridized carbons (Fsp3) is 0.185. The first-order chi connectivity index (χ1) is 15.8. The Hall–Kier alpha value is -4.06. The normalized spacial score (nSPS) is 11.8. The van der Waals surface area contributed by atoms with Crippen LogP contribution in [-0.4, -0.2) is 4.73 Å². The second kappa shape index (κ2) is 7.81. The smallest absolute Gasteiger partial charge is 0.361 e. The maximum atomic E-state index is 13.4. The highest BCUT2D eigenvalue weighted by Crippen LogP contribution is 2.25. The van der Waals surface area contributed by atoms with E-state index in [0.717, 1.165) is 10.9 Å². The number of aromatic nitrogens is 2. The summed E-state index contributed by atoms with van der Waals surface area (Å²) >= 11 is 0. The van der Waals surface area contributed by atoms with E-state index in [9.17, 15) is 10.0 Å². The van der Waals surface area contributed by atoms with Crippen LogP contribution in [0, 0.1) is 5.21 Å². The van der Waals surface area contributed by atoms with Crippen LogP contribution in [0.25, 0.3) is 33.5 Å². The molecule has 0 aliphatic carbocycles. The predicted molar refractivity (Wildman–Crippen MR) is 128 cm³/mol. The van der Waals surface area contributed by atoms with Crippen molar-refractivity contribution < 1.29 is 14.0 Å². The van der Waals surface area contributed by atoms with Gasteiger partial charge in [0.2, 0.25) is 11.3 Å². The zero-order chi connectivity index (χ0) is 23.2. The Bertz CT molecular complexity index is 1490. The summed E-state index contributed by atoms with van der Waals surface area (Å²) in [5.74, 6) is 0.203. The molecule has 0 atom stereocenters. The van der Waals surface area contributed by atoms with Crippen LogP contribution in [0.1, 0.15) is 31.9 Å². The van der Waals surface area contributed by atoms with E-state index in [-0.39, 0.29) is 23.5 Å². The standard InChI is InChI=1S/C27H24N2O4/c1-27(2,3)20-14-12-18(13-15-20)17-32-29-22-10-6-5-9-21(22)28(31)25(26(29)30)24-16-19-8-4-7-11-23(19)33-24/h4-16H,17H2,1-3H3. The van der Waals surface area contributed by atoms with E-state index in [1.807, 2.05) is 30.3 Å². The highest BCUT2D eigenvalue weighted by Gasteiger charge is 2.26. The number of nitrogens with zero attached hydrogens (tertiary/aromatic N) is 2. The second-order valence-corrected chi connectivity index (χ2v) is 9.10. The molecule has 2 aromatic heterocycles. The summed E-state index contributed by atoms with van der Waals surface area (Å²) < 4.78 is 7.64. The van der Waals surface area contributed by atoms with E-state index in [1.165, 1.54) is 10.3 Å². The molecule has 0 radical (unpaired) electrons. The van der Waals surface area contributed by atoms with E-state index in [0.29, 0.717) is 21.3 Å². The van der Waals surface area contributed by atoms with Gasteiger partial charge in [0.05, 0.1) is 0 Å². The highest BCUT2D eigenvalue weighted by atomic mass is 16.7. The molecule has 6 heteroatoms. The minimum absolute atomic E-state index is 0.0508. The predicted octanol–water partition coefficient (Wildman–Crippen LogP) is 4.97. The molecule has 2 heterocycles. The first-order valence-electron chi connectivity index (χ1n) is 10.8. The van der Waals surface area contributed by atoms with Gasteiger partial charge in [-0.1, -0.05) is 75.4 Å². The molecule has 0 aliphatic rings. The van der Waals surface area contributed by atoms with Gasteiger partial charge in [0, 0.05) is 11.5 Å². The van der Waals surface area contributed by atoms with Crippen molar-refractivity contribution in [2.45, 2.75) is 32.8 Å². The maximum Gasteiger partial charge on any atom is 0.361 e. The third-order valence-corrected chi connectivity index (χ3v) is 5.75. The SMILES string of the molecule is CC(C)(C)c1ccc(COn2c(=O)c(-c3cc4ccccc4o3)[n+]([O-])c3ccccc32)cc1. The van der Waals surface area contributed by atoms with Crippen molar-refractivity contribution in [3.63, 3.8) is 0 Å². The fourth-order valence-corrected chi connectivity index (χ4v) is 3.89. The number of hydrogen-bond acceptors (Lipinski definition) is 4. The van der Waals surface area contributed by atoms with Crippen molar-refractivity contribution >= 4 is 22.0 Å². The zero-order valence-corrected chi connectivity index (χ0v) is 18.7. The number of hydrogen-bond donors (Lipinski definition) is 0. The third kappa shape index (κ3) is 3.74. The molecular weight excluding hydrogens is 416 g/mol. The van der Waals surface area contributed by atoms with Gasteiger partial charge in [0.25, 0.3) is 0 Å². The number of benzene rings is 3. The minimum atomic E-state index is -0.575. The van der Waals surface area contributed by atoms with Crippen molar-refractivity contribution in [2.24, 2.45) is 0 Å². The molecule has 0 spiro atoms. The number of furan rings is 1. The summed E-state index contributed by atoms with van der Waals surface area (Å²) in [6.07, 6.45) is 0. The Morgan fingerprint density at radius 1 is 0.970 bits per heavy atom. The lowest BCUT2D eigenvalue weighted by atomic mass is 9.87. The van der Waals surface area contributed by atoms with Gasteiger partial charge in [0.1, 0.15) is 12.2 Å². The number of fused-ring (bicyclic) bond motifs is 2. The summed E-state index contributed by atoms with van der Waals surface area (Å²) in [5, 5.41) is 14.0. The Labute approximate surface area is 190 Å². The zero-order valence-electron chi connectivity index (χ0n) is 18.7. The van der Waals surface area contributed by atoms with E-state index < -0.39 is 5.56 Å². The Morgan fingerprint density at radius 3 is 2.39 bits per heavy atom. The van der Waals surface area contributed by atoms with Crippen LogP contribution in [0.3, 0.4) is 0 Å². The van der Waals surface area contributed by atoms with Crippen LogP contribution in [0.4, 0.5) is 0 Å². The van der Waals surface area contributed by atoms with Gasteiger partial charge in [-0.25, -0.2) is 0 Å². The third-order valence-electron chi connectivity index (χ3n) is 5.75. The average Bonchev–Trinajstić information content (AvgIpc) is 3.22. The Balaban J connectivity index is 1.59. The van der Waals surface area contributed by atoms with Crippen molar-refractivity contribution in [2.75, 3.05) is 0 Å². The van der Waals surface area contributed by atoms with Gasteiger partial charge in [-0.3, -0.25) is 4.79 Å². The molecule has 0 N–H and O–H groups in total. The van der Waals surface area contributed by atoms with E-state index in [4.69, 9.17) is 9.25 Å². The summed E-state index contributed by atoms with van der Waals surface area (Å²) in [7, 11) is 0. The van der Waals surface area contributed by atoms with Crippen molar-refractivity contribution in [1.29, 1.82) is 0 Å². The molecule has 33 heavy (non-hydrogen) atoms. The van der Waals surface area contributed by atoms with E-state index in [2.05, 4.69) is 32.9 Å². The molecule has 0 aliphatic heterocycles. The molecule has 166 valence electrons. The van der Waals surface area contributed by atoms with Crippen LogP contribution >= 0.6 is 0 Å². The lowest BCUT2D eigenvalue weighted by Crippen LogP contribution is -2.42. The van der Waals surface area contributed by atoms with Gasteiger partial charge in [0.15, 0.2) is 5.52 Å². The van der Waals surface area contributed by atoms with Crippen molar-refractivity contribution in [3.8, 4) is 11.5 Å². The lowest BCUT2D eigenvalue weighted by Gasteiger charge is -2.19. The topological polar surface area (TPSA) is 71.3 Å². The minimum Gasteiger partial charge on any atom is -0.618 e. The van der Waals surface area contributed by atoms with Crippen molar-refractivity contribution in [1.82, 2.24) is 4.73 Å². The first-order valence-corrected chi connectivity index (χ1v) is 10.8. The molecular formula is C27H24N2O4. The largest absolute Gasteiger partial charge is 0.618 e. The second-order valence-electron chi connectivity index (χ2n) is 9.10. The molecule has 6 nitrogen and oxygen atoms in total. The summed E-state index contributed by atoms with van der Waals surface area (Å²) in [5.41, 5.74) is 2.80. The van der Waals surface area contributed by atoms with Crippen LogP contribution in [0.5, 0.6) is 0 Å². The Morgan fingerprint density at radius 2 is 1.67 bits per heavy atom. The molecule has 0 fully saturated rings. The average molecular weight is 440 g/mol. The van der Waals surface area contributed by atoms with Crippen LogP contribution in [-0.2, 0) is 12.0 Å². The van der Waals surface area contributed by atoms with Crippen LogP contribution in [0.15, 0.2) is 88.1 Å². The molecule has 0 saturated heterocycles. The number of rotatable bonds is 4. The van der Waals surface area contributed by atoms with Gasteiger partial charge < -0.3 is 14.5 Å². The first kappa shape index (κ1) is 20.8. The molecule has 5 aromatic rings. The molecule has 3 aromatic carbocycles. The van der Waals surface area contributed by atoms with Crippen molar-refractivity contribution in [3.05, 3.63) is 106 Å². The molecule has 0 saturated carbocycles. The van der Waals surface area contributed by atoms with E-state index >= 15 is 0 Å². The summed E-state index contributed by atoms with van der Waals surface area (Å²) in [6.45, 7) is 6.65. The van der Waals surface area contributed by atoms with Gasteiger partial charge in [-0.15, -0.1) is 4.73 Å². The van der Waals surface area contributed by atoms with Gasteiger partial charge in [-0.2, -0.15) is 4.73 Å². The Kier molecular flexibility index (Phi) is 4.93. The molecule has 5 rings (SSSR count). The van der Waals surface area contributed by atoms with Crippen LogP contribution < -0.4 is 15.1 Å². The fourth-order valence-electron chi connectivity index (χ4n) is 3.89. The van der Waals surface area contributed by atoms with E-state index in [1.54, 1.807) is 36.4 Å². The van der Waals surface area contributed by atoms with Gasteiger partial charge >= 0.3 is 11.3 Å². The summed E-state index contributed by atoms with van der Waals surface area (Å²) in [4.78, 5) is 19.4. The maximum absolute atomic E-state index is 13.4. The summed E-state index contributed by atoms with van der Waals surface area (Å²) in [6, 6.07) is 24.1. The monoisotopic (exact) mass is 440 g/mol. The highest BCUT2D eigenvalue weighted by molar-refractivity contribution is 5.82. The quantitative estimate of drug-likeness (QED) is 0.292. The molecule has 0 unspecified atom stereocenters. The molecule has 0 amide bonds.